The van der Waals surface area contributed by atoms with Gasteiger partial charge in [-0.15, -0.1) is 6.58 Å². The van der Waals surface area contributed by atoms with Crippen molar-refractivity contribution in [3.63, 3.8) is 0 Å². The molecule has 3 fully saturated rings. The number of hydrogen-bond acceptors (Lipinski definition) is 6. The normalized spacial score (nSPS) is 23.6. The number of anilines is 1. The number of benzene rings is 2. The first-order valence-corrected chi connectivity index (χ1v) is 12.5. The number of non-ortho nitro benzene ring substituents is 1. The zero-order valence-electron chi connectivity index (χ0n) is 20.1. The Morgan fingerprint density at radius 1 is 1.31 bits per heavy atom. The summed E-state index contributed by atoms with van der Waals surface area (Å²) in [6, 6.07) is 14.4. The van der Waals surface area contributed by atoms with Crippen molar-refractivity contribution in [3.05, 3.63) is 83.1 Å². The van der Waals surface area contributed by atoms with Crippen LogP contribution in [0.3, 0.4) is 0 Å². The number of aromatic nitrogens is 1. The minimum atomic E-state index is -0.414. The Morgan fingerprint density at radius 2 is 2.11 bits per heavy atom. The molecular formula is C27H29N5O3S. The number of thiocarbonyl (C=S) groups is 1. The Labute approximate surface area is 215 Å². The molecule has 5 atom stereocenters. The molecule has 0 amide bonds. The highest BCUT2D eigenvalue weighted by molar-refractivity contribution is 7.80. The third kappa shape index (κ3) is 4.76. The fraction of sp³-hybridized carbons (Fsp3) is 0.333. The zero-order chi connectivity index (χ0) is 25.2. The lowest BCUT2D eigenvalue weighted by Gasteiger charge is -2.52. The molecule has 2 aromatic carbocycles. The first-order valence-electron chi connectivity index (χ1n) is 12.1. The molecule has 3 aromatic rings. The molecule has 1 aromatic heterocycles. The molecule has 8 nitrogen and oxygen atoms in total. The van der Waals surface area contributed by atoms with Gasteiger partial charge in [0.25, 0.3) is 5.69 Å². The van der Waals surface area contributed by atoms with Gasteiger partial charge in [0, 0.05) is 42.0 Å². The van der Waals surface area contributed by atoms with Gasteiger partial charge in [0.2, 0.25) is 0 Å². The standard InChI is InChI=1S/C27H29N5O3S/c1-3-17-16-31-13-11-18(17)14-25(31)26(22-10-12-28-24-9-8-21(35-2)15-23(22)24)30-27(36)29-19-4-6-20(7-5-19)32(33)34/h3-10,12,15,17-18,25-26H,1,11,13-14,16H2,2H3,(H2,29,30,36)/t17-,18-,25-,26-/m0/s1. The van der Waals surface area contributed by atoms with Crippen molar-refractivity contribution in [2.45, 2.75) is 24.9 Å². The van der Waals surface area contributed by atoms with Gasteiger partial charge in [-0.25, -0.2) is 0 Å². The number of ether oxygens (including phenoxy) is 1. The van der Waals surface area contributed by atoms with Crippen molar-refractivity contribution in [2.24, 2.45) is 11.8 Å². The lowest BCUT2D eigenvalue weighted by Crippen LogP contribution is -2.57. The van der Waals surface area contributed by atoms with Crippen LogP contribution in [-0.2, 0) is 0 Å². The van der Waals surface area contributed by atoms with E-state index in [-0.39, 0.29) is 17.8 Å². The predicted octanol–water partition coefficient (Wildman–Crippen LogP) is 5.08. The van der Waals surface area contributed by atoms with Gasteiger partial charge < -0.3 is 15.4 Å². The number of piperidine rings is 3. The predicted molar refractivity (Wildman–Crippen MR) is 145 cm³/mol. The lowest BCUT2D eigenvalue weighted by molar-refractivity contribution is -0.384. The summed E-state index contributed by atoms with van der Waals surface area (Å²) in [5.41, 5.74) is 2.74. The van der Waals surface area contributed by atoms with Crippen LogP contribution >= 0.6 is 12.2 Å². The largest absolute Gasteiger partial charge is 0.497 e. The average Bonchev–Trinajstić information content (AvgIpc) is 2.91. The minimum absolute atomic E-state index is 0.0392. The van der Waals surface area contributed by atoms with Gasteiger partial charge in [0.15, 0.2) is 5.11 Å². The summed E-state index contributed by atoms with van der Waals surface area (Å²) in [7, 11) is 1.66. The van der Waals surface area contributed by atoms with Crippen LogP contribution in [0, 0.1) is 22.0 Å². The molecule has 9 heteroatoms. The SMILES string of the molecule is C=C[C@H]1CN2CC[C@H]1C[C@H]2[C@@H](NC(=S)Nc1ccc([N+](=O)[O-])cc1)c1ccnc2ccc(OC)cc12. The monoisotopic (exact) mass is 503 g/mol. The quantitative estimate of drug-likeness (QED) is 0.200. The van der Waals surface area contributed by atoms with Crippen LogP contribution in [0.1, 0.15) is 24.4 Å². The summed E-state index contributed by atoms with van der Waals surface area (Å²) >= 11 is 5.74. The molecule has 0 aliphatic carbocycles. The van der Waals surface area contributed by atoms with Crippen LogP contribution in [-0.4, -0.2) is 46.2 Å². The van der Waals surface area contributed by atoms with Crippen molar-refractivity contribution in [2.75, 3.05) is 25.5 Å². The molecule has 0 saturated carbocycles. The van der Waals surface area contributed by atoms with Crippen molar-refractivity contribution in [1.29, 1.82) is 0 Å². The molecule has 36 heavy (non-hydrogen) atoms. The Kier molecular flexibility index (Phi) is 6.84. The highest BCUT2D eigenvalue weighted by atomic mass is 32.1. The molecule has 186 valence electrons. The number of nitro benzene ring substituents is 1. The highest BCUT2D eigenvalue weighted by Gasteiger charge is 2.43. The van der Waals surface area contributed by atoms with Crippen molar-refractivity contribution in [3.8, 4) is 5.75 Å². The van der Waals surface area contributed by atoms with E-state index < -0.39 is 4.92 Å². The highest BCUT2D eigenvalue weighted by Crippen LogP contribution is 2.42. The van der Waals surface area contributed by atoms with E-state index in [4.69, 9.17) is 17.0 Å². The summed E-state index contributed by atoms with van der Waals surface area (Å²) < 4.78 is 5.51. The fourth-order valence-corrected chi connectivity index (χ4v) is 5.87. The minimum Gasteiger partial charge on any atom is -0.497 e. The van der Waals surface area contributed by atoms with E-state index in [0.29, 0.717) is 22.6 Å². The summed E-state index contributed by atoms with van der Waals surface area (Å²) in [5.74, 6) is 1.88. The van der Waals surface area contributed by atoms with Crippen LogP contribution in [0.15, 0.2) is 67.4 Å². The van der Waals surface area contributed by atoms with Gasteiger partial charge in [-0.3, -0.25) is 20.0 Å². The molecule has 1 unspecified atom stereocenters. The van der Waals surface area contributed by atoms with Crippen LogP contribution in [0.5, 0.6) is 5.75 Å². The smallest absolute Gasteiger partial charge is 0.269 e. The molecule has 0 radical (unpaired) electrons. The van der Waals surface area contributed by atoms with Crippen LogP contribution in [0.4, 0.5) is 11.4 Å². The molecule has 2 bridgehead atoms. The number of fused-ring (bicyclic) bond motifs is 4. The number of pyridine rings is 1. The second kappa shape index (κ2) is 10.2. The average molecular weight is 504 g/mol. The lowest BCUT2D eigenvalue weighted by atomic mass is 9.73. The van der Waals surface area contributed by atoms with E-state index in [1.165, 1.54) is 18.6 Å². The van der Waals surface area contributed by atoms with Gasteiger partial charge in [-0.1, -0.05) is 6.08 Å². The Bertz CT molecular complexity index is 1300. The number of hydrogen-bond donors (Lipinski definition) is 2. The van der Waals surface area contributed by atoms with Crippen molar-refractivity contribution < 1.29 is 9.66 Å². The van der Waals surface area contributed by atoms with E-state index in [9.17, 15) is 10.1 Å². The van der Waals surface area contributed by atoms with Gasteiger partial charge in [-0.05, 0) is 85.4 Å². The maximum atomic E-state index is 11.0. The van der Waals surface area contributed by atoms with Gasteiger partial charge in [0.1, 0.15) is 5.75 Å². The van der Waals surface area contributed by atoms with E-state index in [1.54, 1.807) is 19.2 Å². The molecule has 0 spiro atoms. The maximum absolute atomic E-state index is 11.0. The van der Waals surface area contributed by atoms with Crippen LogP contribution < -0.4 is 15.4 Å². The number of nitrogens with one attached hydrogen (secondary N) is 2. The molecule has 4 heterocycles. The number of methoxy groups -OCH3 is 1. The number of nitrogens with zero attached hydrogens (tertiary/aromatic N) is 3. The molecule has 6 rings (SSSR count). The Morgan fingerprint density at radius 3 is 2.78 bits per heavy atom. The number of rotatable bonds is 7. The van der Waals surface area contributed by atoms with E-state index >= 15 is 0 Å². The van der Waals surface area contributed by atoms with Gasteiger partial charge in [-0.2, -0.15) is 0 Å². The van der Waals surface area contributed by atoms with Crippen LogP contribution in [0.2, 0.25) is 0 Å². The summed E-state index contributed by atoms with van der Waals surface area (Å²) in [6.07, 6.45) is 6.16. The maximum Gasteiger partial charge on any atom is 0.269 e. The molecule has 3 aliphatic heterocycles. The van der Waals surface area contributed by atoms with Crippen molar-refractivity contribution >= 4 is 39.6 Å². The third-order valence-corrected chi connectivity index (χ3v) is 7.70. The summed E-state index contributed by atoms with van der Waals surface area (Å²) in [6.45, 7) is 6.11. The Balaban J connectivity index is 1.47. The second-order valence-electron chi connectivity index (χ2n) is 9.41. The molecule has 3 saturated heterocycles. The third-order valence-electron chi connectivity index (χ3n) is 7.48. The first kappa shape index (κ1) is 24.1. The summed E-state index contributed by atoms with van der Waals surface area (Å²) in [4.78, 5) is 17.7. The van der Waals surface area contributed by atoms with Gasteiger partial charge in [0.05, 0.1) is 23.6 Å². The summed E-state index contributed by atoms with van der Waals surface area (Å²) in [5, 5.41) is 19.3. The van der Waals surface area contributed by atoms with E-state index in [0.717, 1.165) is 41.7 Å². The van der Waals surface area contributed by atoms with E-state index in [2.05, 4.69) is 39.2 Å². The van der Waals surface area contributed by atoms with Crippen molar-refractivity contribution in [1.82, 2.24) is 15.2 Å². The van der Waals surface area contributed by atoms with Gasteiger partial charge >= 0.3 is 0 Å². The number of nitro groups is 1. The first-order chi connectivity index (χ1) is 17.5. The Hall–Kier alpha value is -3.56. The fourth-order valence-electron chi connectivity index (χ4n) is 5.62. The van der Waals surface area contributed by atoms with Crippen LogP contribution in [0.25, 0.3) is 10.9 Å². The molecular weight excluding hydrogens is 474 g/mol. The molecule has 2 N–H and O–H groups in total. The van der Waals surface area contributed by atoms with E-state index in [1.807, 2.05) is 24.4 Å². The molecule has 3 aliphatic rings. The topological polar surface area (TPSA) is 92.6 Å². The second-order valence-corrected chi connectivity index (χ2v) is 9.82. The zero-order valence-corrected chi connectivity index (χ0v) is 20.9.